The molecule has 0 unspecified atom stereocenters. The third-order valence-corrected chi connectivity index (χ3v) is 4.30. The van der Waals surface area contributed by atoms with E-state index in [4.69, 9.17) is 4.74 Å². The lowest BCUT2D eigenvalue weighted by Gasteiger charge is -2.23. The SMILES string of the molecule is CC(C)CNS(=O)(=O)c1ccc2c(c1)NC(=O)[C@H](C)O2. The van der Waals surface area contributed by atoms with Crippen LogP contribution in [0.4, 0.5) is 5.69 Å². The van der Waals surface area contributed by atoms with Crippen LogP contribution in [-0.2, 0) is 14.8 Å². The van der Waals surface area contributed by atoms with Gasteiger partial charge in [-0.05, 0) is 31.0 Å². The average molecular weight is 298 g/mol. The lowest BCUT2D eigenvalue weighted by molar-refractivity contribution is -0.122. The quantitative estimate of drug-likeness (QED) is 0.878. The molecule has 6 nitrogen and oxygen atoms in total. The van der Waals surface area contributed by atoms with E-state index in [1.54, 1.807) is 13.0 Å². The van der Waals surface area contributed by atoms with Crippen LogP contribution >= 0.6 is 0 Å². The van der Waals surface area contributed by atoms with Gasteiger partial charge in [0.15, 0.2) is 6.10 Å². The van der Waals surface area contributed by atoms with E-state index in [-0.39, 0.29) is 16.7 Å². The Morgan fingerprint density at radius 1 is 1.40 bits per heavy atom. The molecule has 0 fully saturated rings. The molecule has 1 aliphatic rings. The van der Waals surface area contributed by atoms with Crippen LogP contribution in [0.3, 0.4) is 0 Å². The van der Waals surface area contributed by atoms with Gasteiger partial charge in [0.1, 0.15) is 5.75 Å². The average Bonchev–Trinajstić information content (AvgIpc) is 2.37. The van der Waals surface area contributed by atoms with E-state index in [2.05, 4.69) is 10.0 Å². The summed E-state index contributed by atoms with van der Waals surface area (Å²) in [5.74, 6) is 0.397. The summed E-state index contributed by atoms with van der Waals surface area (Å²) in [4.78, 5) is 11.6. The largest absolute Gasteiger partial charge is 0.479 e. The van der Waals surface area contributed by atoms with Gasteiger partial charge in [-0.15, -0.1) is 0 Å². The Morgan fingerprint density at radius 3 is 2.75 bits per heavy atom. The third kappa shape index (κ3) is 3.10. The molecule has 1 heterocycles. The number of carbonyl (C=O) groups excluding carboxylic acids is 1. The number of sulfonamides is 1. The summed E-state index contributed by atoms with van der Waals surface area (Å²) in [6, 6.07) is 4.42. The lowest BCUT2D eigenvalue weighted by Crippen LogP contribution is -2.34. The zero-order valence-corrected chi connectivity index (χ0v) is 12.5. The molecular formula is C13H18N2O4S. The van der Waals surface area contributed by atoms with Crippen molar-refractivity contribution in [3.05, 3.63) is 18.2 Å². The molecule has 2 N–H and O–H groups in total. The van der Waals surface area contributed by atoms with Gasteiger partial charge in [0, 0.05) is 6.54 Å². The number of ether oxygens (including phenoxy) is 1. The van der Waals surface area contributed by atoms with E-state index in [0.717, 1.165) is 0 Å². The number of fused-ring (bicyclic) bond motifs is 1. The zero-order chi connectivity index (χ0) is 14.9. The topological polar surface area (TPSA) is 84.5 Å². The predicted molar refractivity (Wildman–Crippen MR) is 75.2 cm³/mol. The number of hydrogen-bond donors (Lipinski definition) is 2. The van der Waals surface area contributed by atoms with Crippen LogP contribution in [-0.4, -0.2) is 27.0 Å². The van der Waals surface area contributed by atoms with Crippen molar-refractivity contribution >= 4 is 21.6 Å². The molecular weight excluding hydrogens is 280 g/mol. The normalized spacial score (nSPS) is 18.4. The molecule has 1 aromatic rings. The Bertz CT molecular complexity index is 625. The molecule has 7 heteroatoms. The number of rotatable bonds is 4. The van der Waals surface area contributed by atoms with Crippen molar-refractivity contribution in [2.45, 2.75) is 31.8 Å². The van der Waals surface area contributed by atoms with Crippen molar-refractivity contribution in [1.82, 2.24) is 4.72 Å². The van der Waals surface area contributed by atoms with Crippen molar-refractivity contribution in [3.63, 3.8) is 0 Å². The van der Waals surface area contributed by atoms with E-state index >= 15 is 0 Å². The van der Waals surface area contributed by atoms with Crippen LogP contribution in [0, 0.1) is 5.92 Å². The van der Waals surface area contributed by atoms with Crippen LogP contribution < -0.4 is 14.8 Å². The number of amides is 1. The van der Waals surface area contributed by atoms with Gasteiger partial charge in [-0.2, -0.15) is 0 Å². The zero-order valence-electron chi connectivity index (χ0n) is 11.6. The molecule has 2 rings (SSSR count). The van der Waals surface area contributed by atoms with Crippen molar-refractivity contribution in [2.75, 3.05) is 11.9 Å². The minimum atomic E-state index is -3.58. The Morgan fingerprint density at radius 2 is 2.10 bits per heavy atom. The van der Waals surface area contributed by atoms with Crippen LogP contribution in [0.2, 0.25) is 0 Å². The molecule has 0 aliphatic carbocycles. The molecule has 1 aliphatic heterocycles. The molecule has 0 bridgehead atoms. The van der Waals surface area contributed by atoms with E-state index in [9.17, 15) is 13.2 Å². The number of nitrogens with one attached hydrogen (secondary N) is 2. The van der Waals surface area contributed by atoms with Gasteiger partial charge in [0.05, 0.1) is 10.6 Å². The Hall–Kier alpha value is -1.60. The monoisotopic (exact) mass is 298 g/mol. The van der Waals surface area contributed by atoms with Gasteiger partial charge in [0.2, 0.25) is 10.0 Å². The summed E-state index contributed by atoms with van der Waals surface area (Å²) in [6.45, 7) is 5.84. The minimum absolute atomic E-state index is 0.107. The summed E-state index contributed by atoms with van der Waals surface area (Å²) in [5.41, 5.74) is 0.375. The fourth-order valence-electron chi connectivity index (χ4n) is 1.71. The maximum Gasteiger partial charge on any atom is 0.265 e. The van der Waals surface area contributed by atoms with Crippen LogP contribution in [0.5, 0.6) is 5.75 Å². The number of anilines is 1. The first-order valence-electron chi connectivity index (χ1n) is 6.41. The molecule has 1 amide bonds. The van der Waals surface area contributed by atoms with Gasteiger partial charge < -0.3 is 10.1 Å². The molecule has 20 heavy (non-hydrogen) atoms. The molecule has 1 aromatic carbocycles. The predicted octanol–water partition coefficient (Wildman–Crippen LogP) is 1.34. The van der Waals surface area contributed by atoms with Crippen molar-refractivity contribution in [3.8, 4) is 5.75 Å². The Labute approximate surface area is 118 Å². The molecule has 110 valence electrons. The second-order valence-electron chi connectivity index (χ2n) is 5.15. The van der Waals surface area contributed by atoms with Gasteiger partial charge in [-0.3, -0.25) is 4.79 Å². The molecule has 1 atom stereocenters. The molecule has 0 radical (unpaired) electrons. The number of hydrogen-bond acceptors (Lipinski definition) is 4. The first kappa shape index (κ1) is 14.8. The fourth-order valence-corrected chi connectivity index (χ4v) is 2.95. The van der Waals surface area contributed by atoms with E-state index in [1.807, 2.05) is 13.8 Å². The van der Waals surface area contributed by atoms with E-state index in [0.29, 0.717) is 18.0 Å². The van der Waals surface area contributed by atoms with Crippen molar-refractivity contribution in [2.24, 2.45) is 5.92 Å². The Kier molecular flexibility index (Phi) is 4.01. The first-order chi connectivity index (χ1) is 9.29. The van der Waals surface area contributed by atoms with Crippen molar-refractivity contribution in [1.29, 1.82) is 0 Å². The first-order valence-corrected chi connectivity index (χ1v) is 7.89. The van der Waals surface area contributed by atoms with Crippen LogP contribution in [0.15, 0.2) is 23.1 Å². The summed E-state index contributed by atoms with van der Waals surface area (Å²) >= 11 is 0. The maximum atomic E-state index is 12.1. The second kappa shape index (κ2) is 5.41. The van der Waals surface area contributed by atoms with Crippen molar-refractivity contribution < 1.29 is 17.9 Å². The van der Waals surface area contributed by atoms with Gasteiger partial charge in [0.25, 0.3) is 5.91 Å². The summed E-state index contributed by atoms with van der Waals surface area (Å²) < 4.78 is 32.1. The molecule has 0 saturated heterocycles. The fraction of sp³-hybridized carbons (Fsp3) is 0.462. The molecule has 0 spiro atoms. The molecule has 0 aromatic heterocycles. The third-order valence-electron chi connectivity index (χ3n) is 2.87. The van der Waals surface area contributed by atoms with E-state index in [1.165, 1.54) is 12.1 Å². The second-order valence-corrected chi connectivity index (χ2v) is 6.92. The highest BCUT2D eigenvalue weighted by molar-refractivity contribution is 7.89. The Balaban J connectivity index is 2.27. The van der Waals surface area contributed by atoms with Crippen LogP contribution in [0.25, 0.3) is 0 Å². The summed E-state index contributed by atoms with van der Waals surface area (Å²) in [6.07, 6.45) is -0.580. The minimum Gasteiger partial charge on any atom is -0.479 e. The molecule has 0 saturated carbocycles. The highest BCUT2D eigenvalue weighted by Crippen LogP contribution is 2.31. The highest BCUT2D eigenvalue weighted by atomic mass is 32.2. The van der Waals surface area contributed by atoms with Gasteiger partial charge in [-0.25, -0.2) is 13.1 Å². The smallest absolute Gasteiger partial charge is 0.265 e. The maximum absolute atomic E-state index is 12.1. The standard InChI is InChI=1S/C13H18N2O4S/c1-8(2)7-14-20(17,18)10-4-5-12-11(6-10)15-13(16)9(3)19-12/h4-6,8-9,14H,7H2,1-3H3,(H,15,16)/t9-/m0/s1. The summed E-state index contributed by atoms with van der Waals surface area (Å²) in [7, 11) is -3.58. The van der Waals surface area contributed by atoms with Crippen LogP contribution in [0.1, 0.15) is 20.8 Å². The summed E-state index contributed by atoms with van der Waals surface area (Å²) in [5, 5.41) is 2.63. The van der Waals surface area contributed by atoms with Gasteiger partial charge >= 0.3 is 0 Å². The highest BCUT2D eigenvalue weighted by Gasteiger charge is 2.25. The van der Waals surface area contributed by atoms with E-state index < -0.39 is 16.1 Å². The lowest BCUT2D eigenvalue weighted by atomic mass is 10.2. The number of benzene rings is 1. The number of carbonyl (C=O) groups is 1. The van der Waals surface area contributed by atoms with Gasteiger partial charge in [-0.1, -0.05) is 13.8 Å².